The molecule has 0 fully saturated rings. The molecule has 0 saturated heterocycles. The number of nitrogens with one attached hydrogen (secondary N) is 1. The third kappa shape index (κ3) is 2.98. The van der Waals surface area contributed by atoms with Crippen LogP contribution in [0.15, 0.2) is 12.7 Å². The summed E-state index contributed by atoms with van der Waals surface area (Å²) in [6, 6.07) is -0.116. The number of allylic oxidation sites excluding steroid dienone is 1. The van der Waals surface area contributed by atoms with Crippen molar-refractivity contribution in [1.82, 2.24) is 9.88 Å². The molecule has 5 heteroatoms. The SMILES string of the molecule is C=C/C=c1/[nH]c2c(/c1=C/C)CC(C)N(CC(F)(F)F)C2. The van der Waals surface area contributed by atoms with Crippen molar-refractivity contribution in [2.24, 2.45) is 0 Å². The Balaban J connectivity index is 2.40. The predicted molar refractivity (Wildman–Crippen MR) is 74.5 cm³/mol. The van der Waals surface area contributed by atoms with Crippen LogP contribution in [0.25, 0.3) is 12.2 Å². The van der Waals surface area contributed by atoms with Gasteiger partial charge in [0.05, 0.1) is 6.54 Å². The van der Waals surface area contributed by atoms with Crippen molar-refractivity contribution in [1.29, 1.82) is 0 Å². The van der Waals surface area contributed by atoms with Crippen molar-refractivity contribution in [2.45, 2.75) is 39.0 Å². The smallest absolute Gasteiger partial charge is 0.357 e. The Morgan fingerprint density at radius 3 is 2.70 bits per heavy atom. The number of alkyl halides is 3. The van der Waals surface area contributed by atoms with E-state index in [0.717, 1.165) is 21.8 Å². The van der Waals surface area contributed by atoms with E-state index < -0.39 is 12.7 Å². The minimum Gasteiger partial charge on any atom is -0.357 e. The molecular weight excluding hydrogens is 265 g/mol. The van der Waals surface area contributed by atoms with Gasteiger partial charge >= 0.3 is 6.18 Å². The fraction of sp³-hybridized carbons (Fsp3) is 0.467. The Bertz CT molecular complexity index is 610. The number of H-pyrrole nitrogens is 1. The summed E-state index contributed by atoms with van der Waals surface area (Å²) in [4.78, 5) is 4.69. The van der Waals surface area contributed by atoms with E-state index in [1.807, 2.05) is 26.0 Å². The zero-order valence-electron chi connectivity index (χ0n) is 11.7. The van der Waals surface area contributed by atoms with E-state index in [1.54, 1.807) is 6.08 Å². The molecule has 0 amide bonds. The molecular formula is C15H19F3N2. The Morgan fingerprint density at radius 1 is 1.45 bits per heavy atom. The van der Waals surface area contributed by atoms with Gasteiger partial charge in [-0.1, -0.05) is 18.7 Å². The summed E-state index contributed by atoms with van der Waals surface area (Å²) in [5, 5.41) is 2.01. The van der Waals surface area contributed by atoms with Crippen LogP contribution in [0.5, 0.6) is 0 Å². The Morgan fingerprint density at radius 2 is 2.15 bits per heavy atom. The molecule has 110 valence electrons. The van der Waals surface area contributed by atoms with Crippen molar-refractivity contribution < 1.29 is 13.2 Å². The summed E-state index contributed by atoms with van der Waals surface area (Å²) in [5.41, 5.74) is 2.01. The molecule has 1 aromatic heterocycles. The third-order valence-electron chi connectivity index (χ3n) is 3.70. The van der Waals surface area contributed by atoms with Gasteiger partial charge in [-0.2, -0.15) is 13.2 Å². The molecule has 1 aromatic rings. The predicted octanol–water partition coefficient (Wildman–Crippen LogP) is 2.09. The van der Waals surface area contributed by atoms with Gasteiger partial charge in [-0.05, 0) is 37.1 Å². The van der Waals surface area contributed by atoms with Gasteiger partial charge in [-0.25, -0.2) is 0 Å². The molecule has 1 atom stereocenters. The lowest BCUT2D eigenvalue weighted by Crippen LogP contribution is -2.44. The fourth-order valence-corrected chi connectivity index (χ4v) is 2.80. The van der Waals surface area contributed by atoms with Crippen molar-refractivity contribution in [2.75, 3.05) is 6.54 Å². The van der Waals surface area contributed by atoms with Crippen molar-refractivity contribution >= 4 is 12.2 Å². The first-order valence-electron chi connectivity index (χ1n) is 6.65. The monoisotopic (exact) mass is 284 g/mol. The van der Waals surface area contributed by atoms with E-state index >= 15 is 0 Å². The van der Waals surface area contributed by atoms with Crippen LogP contribution in [0, 0.1) is 0 Å². The van der Waals surface area contributed by atoms with Crippen LogP contribution in [0.3, 0.4) is 0 Å². The highest BCUT2D eigenvalue weighted by molar-refractivity contribution is 5.41. The maximum atomic E-state index is 12.6. The summed E-state index contributed by atoms with van der Waals surface area (Å²) in [5.74, 6) is 0. The van der Waals surface area contributed by atoms with Crippen molar-refractivity contribution in [3.05, 3.63) is 34.5 Å². The first-order valence-corrected chi connectivity index (χ1v) is 6.65. The van der Waals surface area contributed by atoms with Crippen LogP contribution in [0.2, 0.25) is 0 Å². The van der Waals surface area contributed by atoms with E-state index in [9.17, 15) is 13.2 Å². The number of fused-ring (bicyclic) bond motifs is 1. The number of nitrogens with zero attached hydrogens (tertiary/aromatic N) is 1. The molecule has 1 unspecified atom stereocenters. The second-order valence-corrected chi connectivity index (χ2v) is 5.17. The highest BCUT2D eigenvalue weighted by atomic mass is 19.4. The highest BCUT2D eigenvalue weighted by Gasteiger charge is 2.35. The number of aromatic amines is 1. The van der Waals surface area contributed by atoms with Crippen LogP contribution < -0.4 is 10.6 Å². The minimum absolute atomic E-state index is 0.116. The van der Waals surface area contributed by atoms with Crippen LogP contribution in [-0.2, 0) is 13.0 Å². The number of hydrogen-bond donors (Lipinski definition) is 1. The summed E-state index contributed by atoms with van der Waals surface area (Å²) in [7, 11) is 0. The van der Waals surface area contributed by atoms with E-state index in [4.69, 9.17) is 0 Å². The molecule has 0 saturated carbocycles. The molecule has 0 spiro atoms. The molecule has 0 radical (unpaired) electrons. The second-order valence-electron chi connectivity index (χ2n) is 5.17. The highest BCUT2D eigenvalue weighted by Crippen LogP contribution is 2.24. The van der Waals surface area contributed by atoms with E-state index in [2.05, 4.69) is 11.6 Å². The Labute approximate surface area is 116 Å². The molecule has 1 aliphatic rings. The van der Waals surface area contributed by atoms with Gasteiger partial charge in [0.1, 0.15) is 0 Å². The topological polar surface area (TPSA) is 19.0 Å². The first-order chi connectivity index (χ1) is 9.35. The van der Waals surface area contributed by atoms with Gasteiger partial charge in [0.15, 0.2) is 0 Å². The zero-order valence-corrected chi connectivity index (χ0v) is 11.7. The average molecular weight is 284 g/mol. The molecule has 2 rings (SSSR count). The van der Waals surface area contributed by atoms with Crippen molar-refractivity contribution in [3.8, 4) is 0 Å². The van der Waals surface area contributed by atoms with Gasteiger partial charge in [-0.15, -0.1) is 0 Å². The third-order valence-corrected chi connectivity index (χ3v) is 3.70. The average Bonchev–Trinajstić information content (AvgIpc) is 2.65. The first kappa shape index (κ1) is 14.9. The van der Waals surface area contributed by atoms with E-state index in [1.165, 1.54) is 4.90 Å². The number of rotatable bonds is 2. The maximum absolute atomic E-state index is 12.6. The molecule has 20 heavy (non-hydrogen) atoms. The van der Waals surface area contributed by atoms with Crippen LogP contribution in [0.1, 0.15) is 25.1 Å². The maximum Gasteiger partial charge on any atom is 0.401 e. The van der Waals surface area contributed by atoms with Crippen molar-refractivity contribution in [3.63, 3.8) is 0 Å². The molecule has 0 aromatic carbocycles. The van der Waals surface area contributed by atoms with Crippen LogP contribution in [-0.4, -0.2) is 28.6 Å². The molecule has 1 N–H and O–H groups in total. The summed E-state index contributed by atoms with van der Waals surface area (Å²) in [6.45, 7) is 6.90. The lowest BCUT2D eigenvalue weighted by atomic mass is 9.99. The van der Waals surface area contributed by atoms with E-state index in [0.29, 0.717) is 13.0 Å². The zero-order chi connectivity index (χ0) is 14.9. The van der Waals surface area contributed by atoms with Crippen LogP contribution >= 0.6 is 0 Å². The number of aromatic nitrogens is 1. The van der Waals surface area contributed by atoms with E-state index in [-0.39, 0.29) is 6.04 Å². The largest absolute Gasteiger partial charge is 0.401 e. The molecule has 1 aliphatic heterocycles. The van der Waals surface area contributed by atoms with Gasteiger partial charge in [0, 0.05) is 23.6 Å². The molecule has 0 aliphatic carbocycles. The number of hydrogen-bond acceptors (Lipinski definition) is 1. The normalized spacial score (nSPS) is 22.1. The standard InChI is InChI=1S/C15H19F3N2/c1-4-6-13-11(5-2)12-7-10(3)20(8-14(12)19-13)9-15(16,17)18/h4-6,10,19H,1,7-9H2,2-3H3/b11-5-,13-6+. The molecule has 2 nitrogen and oxygen atoms in total. The quantitative estimate of drug-likeness (QED) is 0.881. The van der Waals surface area contributed by atoms with Crippen LogP contribution in [0.4, 0.5) is 13.2 Å². The minimum atomic E-state index is -4.16. The van der Waals surface area contributed by atoms with Gasteiger partial charge in [0.2, 0.25) is 0 Å². The van der Waals surface area contributed by atoms with Gasteiger partial charge < -0.3 is 4.98 Å². The Kier molecular flexibility index (Phi) is 4.09. The van der Waals surface area contributed by atoms with Gasteiger partial charge in [-0.3, -0.25) is 4.90 Å². The number of halogens is 3. The molecule has 0 bridgehead atoms. The summed E-state index contributed by atoms with van der Waals surface area (Å²) in [6.07, 6.45) is 2.01. The Hall–Kier alpha value is -1.49. The second kappa shape index (κ2) is 5.48. The summed E-state index contributed by atoms with van der Waals surface area (Å²) >= 11 is 0. The summed E-state index contributed by atoms with van der Waals surface area (Å²) < 4.78 is 37.8. The van der Waals surface area contributed by atoms with Gasteiger partial charge in [0.25, 0.3) is 0 Å². The lowest BCUT2D eigenvalue weighted by molar-refractivity contribution is -0.152. The fourth-order valence-electron chi connectivity index (χ4n) is 2.80. The molecule has 2 heterocycles. The lowest BCUT2D eigenvalue weighted by Gasteiger charge is -2.33.